The molecule has 2 aromatic rings. The molecular weight excluding hydrogens is 408 g/mol. The predicted molar refractivity (Wildman–Crippen MR) is 119 cm³/mol. The summed E-state index contributed by atoms with van der Waals surface area (Å²) in [7, 11) is 0. The van der Waals surface area contributed by atoms with Crippen LogP contribution in [0.2, 0.25) is 0 Å². The highest BCUT2D eigenvalue weighted by Gasteiger charge is 2.36. The highest BCUT2D eigenvalue weighted by atomic mass is 16.2. The van der Waals surface area contributed by atoms with Crippen LogP contribution in [0.4, 0.5) is 5.82 Å². The van der Waals surface area contributed by atoms with E-state index in [1.54, 1.807) is 29.7 Å². The van der Waals surface area contributed by atoms with Gasteiger partial charge in [0.2, 0.25) is 11.8 Å². The Morgan fingerprint density at radius 3 is 2.59 bits per heavy atom. The average Bonchev–Trinajstić information content (AvgIpc) is 3.30. The number of nitrogens with zero attached hydrogens (tertiary/aromatic N) is 6. The van der Waals surface area contributed by atoms with Crippen LogP contribution in [0.3, 0.4) is 0 Å². The van der Waals surface area contributed by atoms with Gasteiger partial charge in [0.05, 0.1) is 12.5 Å². The van der Waals surface area contributed by atoms with Crippen LogP contribution in [0, 0.1) is 26.7 Å². The molecule has 1 fully saturated rings. The van der Waals surface area contributed by atoms with E-state index in [1.807, 2.05) is 6.92 Å². The quantitative estimate of drug-likeness (QED) is 0.706. The molecule has 9 nitrogen and oxygen atoms in total. The fourth-order valence-corrected chi connectivity index (χ4v) is 4.63. The van der Waals surface area contributed by atoms with Crippen LogP contribution in [0.25, 0.3) is 0 Å². The molecule has 0 aliphatic carbocycles. The molecule has 32 heavy (non-hydrogen) atoms. The molecular formula is C23H30N6O3. The lowest BCUT2D eigenvalue weighted by Crippen LogP contribution is -2.38. The molecule has 0 unspecified atom stereocenters. The number of anilines is 1. The Morgan fingerprint density at radius 1 is 1.16 bits per heavy atom. The van der Waals surface area contributed by atoms with Crippen molar-refractivity contribution in [3.05, 3.63) is 45.0 Å². The molecule has 0 spiro atoms. The normalized spacial score (nSPS) is 18.1. The molecule has 2 aliphatic rings. The van der Waals surface area contributed by atoms with Gasteiger partial charge in [0.25, 0.3) is 0 Å². The third-order valence-corrected chi connectivity index (χ3v) is 6.15. The van der Waals surface area contributed by atoms with Gasteiger partial charge in [-0.1, -0.05) is 13.8 Å². The van der Waals surface area contributed by atoms with Gasteiger partial charge in [-0.25, -0.2) is 14.8 Å². The van der Waals surface area contributed by atoms with E-state index in [0.29, 0.717) is 48.5 Å². The van der Waals surface area contributed by atoms with Crippen LogP contribution in [0.15, 0.2) is 10.9 Å². The number of hydrogen-bond donors (Lipinski definition) is 0. The topological polar surface area (TPSA) is 101 Å². The van der Waals surface area contributed by atoms with Crippen LogP contribution >= 0.6 is 0 Å². The second-order valence-electron chi connectivity index (χ2n) is 9.20. The van der Waals surface area contributed by atoms with Crippen molar-refractivity contribution in [2.45, 2.75) is 66.5 Å². The molecule has 9 heteroatoms. The number of carbonyl (C=O) groups is 2. The molecule has 1 atom stereocenters. The Labute approximate surface area is 187 Å². The van der Waals surface area contributed by atoms with Crippen molar-refractivity contribution >= 4 is 17.6 Å². The molecule has 4 heterocycles. The maximum Gasteiger partial charge on any atom is 0.348 e. The van der Waals surface area contributed by atoms with E-state index in [2.05, 4.69) is 18.8 Å². The Morgan fingerprint density at radius 2 is 1.91 bits per heavy atom. The van der Waals surface area contributed by atoms with Crippen molar-refractivity contribution in [3.63, 3.8) is 0 Å². The van der Waals surface area contributed by atoms with Crippen molar-refractivity contribution in [2.24, 2.45) is 5.92 Å². The molecule has 0 bridgehead atoms. The first-order valence-corrected chi connectivity index (χ1v) is 11.2. The summed E-state index contributed by atoms with van der Waals surface area (Å²) in [5.74, 6) is 1.46. The van der Waals surface area contributed by atoms with Crippen LogP contribution in [0.5, 0.6) is 0 Å². The number of rotatable bonds is 5. The van der Waals surface area contributed by atoms with E-state index >= 15 is 0 Å². The third kappa shape index (κ3) is 4.03. The summed E-state index contributed by atoms with van der Waals surface area (Å²) in [6.45, 7) is 10.7. The number of hydrogen-bond acceptors (Lipinski definition) is 6. The van der Waals surface area contributed by atoms with E-state index in [1.165, 1.54) is 4.57 Å². The minimum absolute atomic E-state index is 0.0457. The Hall–Kier alpha value is -3.10. The minimum Gasteiger partial charge on any atom is -0.331 e. The van der Waals surface area contributed by atoms with Crippen molar-refractivity contribution in [1.29, 1.82) is 0 Å². The van der Waals surface area contributed by atoms with Crippen LogP contribution in [-0.2, 0) is 22.6 Å². The van der Waals surface area contributed by atoms with Gasteiger partial charge in [0, 0.05) is 35.7 Å². The summed E-state index contributed by atoms with van der Waals surface area (Å²) >= 11 is 0. The van der Waals surface area contributed by atoms with Crippen LogP contribution in [0.1, 0.15) is 61.2 Å². The highest BCUT2D eigenvalue weighted by Crippen LogP contribution is 2.35. The maximum absolute atomic E-state index is 13.2. The fourth-order valence-electron chi connectivity index (χ4n) is 4.63. The summed E-state index contributed by atoms with van der Waals surface area (Å²) in [5, 5.41) is 0. The van der Waals surface area contributed by atoms with E-state index < -0.39 is 5.69 Å². The summed E-state index contributed by atoms with van der Waals surface area (Å²) in [6, 6.07) is 1.53. The predicted octanol–water partition coefficient (Wildman–Crippen LogP) is 1.87. The van der Waals surface area contributed by atoms with Crippen molar-refractivity contribution < 1.29 is 9.59 Å². The summed E-state index contributed by atoms with van der Waals surface area (Å²) in [4.78, 5) is 55.0. The first kappa shape index (κ1) is 22.1. The zero-order chi connectivity index (χ0) is 23.2. The Balaban J connectivity index is 1.62. The number of amides is 2. The Bertz CT molecular complexity index is 1140. The van der Waals surface area contributed by atoms with Gasteiger partial charge in [0.15, 0.2) is 5.82 Å². The summed E-state index contributed by atoms with van der Waals surface area (Å²) in [5.41, 5.74) is 2.60. The van der Waals surface area contributed by atoms with Gasteiger partial charge < -0.3 is 4.90 Å². The molecule has 0 aromatic carbocycles. The van der Waals surface area contributed by atoms with Gasteiger partial charge in [-0.3, -0.25) is 19.1 Å². The van der Waals surface area contributed by atoms with Crippen molar-refractivity contribution in [2.75, 3.05) is 18.0 Å². The zero-order valence-corrected chi connectivity index (χ0v) is 19.4. The van der Waals surface area contributed by atoms with Crippen LogP contribution < -0.4 is 10.6 Å². The van der Waals surface area contributed by atoms with E-state index in [-0.39, 0.29) is 24.4 Å². The third-order valence-electron chi connectivity index (χ3n) is 6.15. The lowest BCUT2D eigenvalue weighted by atomic mass is 10.1. The first-order chi connectivity index (χ1) is 15.2. The van der Waals surface area contributed by atoms with E-state index in [9.17, 15) is 14.4 Å². The number of fused-ring (bicyclic) bond motifs is 1. The van der Waals surface area contributed by atoms with E-state index in [4.69, 9.17) is 9.97 Å². The molecule has 2 aromatic heterocycles. The number of carbonyl (C=O) groups excluding carboxylic acids is 2. The molecule has 1 saturated heterocycles. The number of likely N-dealkylation sites (tertiary alicyclic amines) is 1. The van der Waals surface area contributed by atoms with E-state index in [0.717, 1.165) is 24.1 Å². The maximum atomic E-state index is 13.2. The number of aromatic nitrogens is 4. The van der Waals surface area contributed by atoms with Gasteiger partial charge in [0.1, 0.15) is 12.4 Å². The molecule has 2 aliphatic heterocycles. The van der Waals surface area contributed by atoms with Gasteiger partial charge in [-0.2, -0.15) is 4.98 Å². The fraction of sp³-hybridized carbons (Fsp3) is 0.565. The minimum atomic E-state index is -0.418. The molecule has 0 N–H and O–H groups in total. The lowest BCUT2D eigenvalue weighted by molar-refractivity contribution is -0.133. The Kier molecular flexibility index (Phi) is 5.83. The van der Waals surface area contributed by atoms with Crippen LogP contribution in [-0.4, -0.2) is 49.3 Å². The summed E-state index contributed by atoms with van der Waals surface area (Å²) < 4.78 is 1.41. The van der Waals surface area contributed by atoms with Gasteiger partial charge in [-0.05, 0) is 45.6 Å². The molecule has 0 saturated carbocycles. The van der Waals surface area contributed by atoms with Crippen molar-refractivity contribution in [3.8, 4) is 0 Å². The second kappa shape index (κ2) is 8.44. The highest BCUT2D eigenvalue weighted by molar-refractivity contribution is 6.00. The van der Waals surface area contributed by atoms with Gasteiger partial charge in [-0.15, -0.1) is 0 Å². The molecule has 170 valence electrons. The SMILES string of the molecule is Cc1cc(C)n(CC(=O)N2CCC[C@H]2c2nc(C)c3c(n2)N(CC(C)C)C(=O)C3)c(=O)n1. The first-order valence-electron chi connectivity index (χ1n) is 11.2. The standard InChI is InChI=1S/C23H30N6O3/c1-13(2)11-29-19(30)10-17-16(5)25-21(26-22(17)29)18-7-6-8-27(18)20(31)12-28-15(4)9-14(3)24-23(28)32/h9,13,18H,6-8,10-12H2,1-5H3/t18-/m0/s1. The lowest BCUT2D eigenvalue weighted by Gasteiger charge is -2.26. The van der Waals surface area contributed by atoms with Crippen molar-refractivity contribution in [1.82, 2.24) is 24.4 Å². The number of aryl methyl sites for hydroxylation is 3. The summed E-state index contributed by atoms with van der Waals surface area (Å²) in [6.07, 6.45) is 1.91. The molecule has 2 amide bonds. The molecule has 0 radical (unpaired) electrons. The monoisotopic (exact) mass is 438 g/mol. The average molecular weight is 439 g/mol. The largest absolute Gasteiger partial charge is 0.348 e. The smallest absolute Gasteiger partial charge is 0.331 e. The molecule has 4 rings (SSSR count). The second-order valence-corrected chi connectivity index (χ2v) is 9.20. The van der Waals surface area contributed by atoms with Gasteiger partial charge >= 0.3 is 5.69 Å². The zero-order valence-electron chi connectivity index (χ0n) is 19.4.